The van der Waals surface area contributed by atoms with Crippen LogP contribution < -0.4 is 16.2 Å². The maximum Gasteiger partial charge on any atom is 0.269 e. The van der Waals surface area contributed by atoms with Crippen molar-refractivity contribution < 1.29 is 9.59 Å². The van der Waals surface area contributed by atoms with Crippen LogP contribution in [0.3, 0.4) is 0 Å². The second kappa shape index (κ2) is 8.31. The zero-order chi connectivity index (χ0) is 16.7. The highest BCUT2D eigenvalue weighted by Gasteiger charge is 2.09. The van der Waals surface area contributed by atoms with E-state index in [-0.39, 0.29) is 24.4 Å². The van der Waals surface area contributed by atoms with Gasteiger partial charge >= 0.3 is 0 Å². The lowest BCUT2D eigenvalue weighted by Crippen LogP contribution is -2.45. The summed E-state index contributed by atoms with van der Waals surface area (Å²) in [7, 11) is 0. The highest BCUT2D eigenvalue weighted by atomic mass is 35.5. The molecule has 2 amide bonds. The lowest BCUT2D eigenvalue weighted by Gasteiger charge is -2.14. The first-order valence-corrected chi connectivity index (χ1v) is 7.57. The number of carbonyl (C=O) groups is 2. The average molecular weight is 332 g/mol. The van der Waals surface area contributed by atoms with Crippen LogP contribution in [0.2, 0.25) is 5.02 Å². The standard InChI is InChI=1S/C17H18ClN3O2/c1-12(13-7-9-15(18)10-8-13)19-11-16(22)20-21-17(23)14-5-3-2-4-6-14/h2-10,12,19H,11H2,1H3,(H,20,22)(H,21,23)/t12-/m0/s1. The minimum absolute atomic E-state index is 0.0113. The monoisotopic (exact) mass is 331 g/mol. The zero-order valence-corrected chi connectivity index (χ0v) is 13.4. The van der Waals surface area contributed by atoms with E-state index in [1.807, 2.05) is 25.1 Å². The van der Waals surface area contributed by atoms with Crippen LogP contribution >= 0.6 is 11.6 Å². The first kappa shape index (κ1) is 17.0. The van der Waals surface area contributed by atoms with Gasteiger partial charge in [0.05, 0.1) is 6.54 Å². The molecule has 120 valence electrons. The molecule has 0 fully saturated rings. The Hall–Kier alpha value is -2.37. The molecule has 2 aromatic carbocycles. The Balaban J connectivity index is 1.74. The molecule has 5 nitrogen and oxygen atoms in total. The van der Waals surface area contributed by atoms with Crippen LogP contribution in [0.5, 0.6) is 0 Å². The van der Waals surface area contributed by atoms with Crippen LogP contribution in [-0.4, -0.2) is 18.4 Å². The zero-order valence-electron chi connectivity index (χ0n) is 12.7. The molecular weight excluding hydrogens is 314 g/mol. The largest absolute Gasteiger partial charge is 0.302 e. The Morgan fingerprint density at radius 2 is 1.65 bits per heavy atom. The number of benzene rings is 2. The van der Waals surface area contributed by atoms with Crippen LogP contribution in [0, 0.1) is 0 Å². The second-order valence-electron chi connectivity index (χ2n) is 5.02. The molecule has 0 heterocycles. The summed E-state index contributed by atoms with van der Waals surface area (Å²) < 4.78 is 0. The predicted molar refractivity (Wildman–Crippen MR) is 89.9 cm³/mol. The molecule has 23 heavy (non-hydrogen) atoms. The lowest BCUT2D eigenvalue weighted by atomic mass is 10.1. The van der Waals surface area contributed by atoms with Crippen molar-refractivity contribution in [3.05, 3.63) is 70.7 Å². The van der Waals surface area contributed by atoms with Crippen LogP contribution in [0.4, 0.5) is 0 Å². The smallest absolute Gasteiger partial charge is 0.269 e. The van der Waals surface area contributed by atoms with Crippen molar-refractivity contribution in [2.45, 2.75) is 13.0 Å². The molecule has 0 unspecified atom stereocenters. The fourth-order valence-electron chi connectivity index (χ4n) is 1.95. The third kappa shape index (κ3) is 5.39. The van der Waals surface area contributed by atoms with E-state index in [9.17, 15) is 9.59 Å². The highest BCUT2D eigenvalue weighted by Crippen LogP contribution is 2.15. The van der Waals surface area contributed by atoms with Crippen LogP contribution in [0.15, 0.2) is 54.6 Å². The third-order valence-corrected chi connectivity index (χ3v) is 3.54. The van der Waals surface area contributed by atoms with E-state index in [1.54, 1.807) is 36.4 Å². The SMILES string of the molecule is C[C@H](NCC(=O)NNC(=O)c1ccccc1)c1ccc(Cl)cc1. The number of halogens is 1. The molecule has 0 saturated heterocycles. The minimum atomic E-state index is -0.357. The first-order valence-electron chi connectivity index (χ1n) is 7.19. The maximum absolute atomic E-state index is 11.8. The molecule has 0 saturated carbocycles. The fourth-order valence-corrected chi connectivity index (χ4v) is 2.07. The molecule has 0 radical (unpaired) electrons. The van der Waals surface area contributed by atoms with Crippen molar-refractivity contribution in [2.75, 3.05) is 6.54 Å². The van der Waals surface area contributed by atoms with Crippen molar-refractivity contribution in [3.63, 3.8) is 0 Å². The normalized spacial score (nSPS) is 11.6. The van der Waals surface area contributed by atoms with Crippen LogP contribution in [0.25, 0.3) is 0 Å². The van der Waals surface area contributed by atoms with Gasteiger partial charge in [-0.25, -0.2) is 0 Å². The lowest BCUT2D eigenvalue weighted by molar-refractivity contribution is -0.121. The van der Waals surface area contributed by atoms with Gasteiger partial charge < -0.3 is 5.32 Å². The molecular formula is C17H18ClN3O2. The summed E-state index contributed by atoms with van der Waals surface area (Å²) in [5, 5.41) is 3.74. The summed E-state index contributed by atoms with van der Waals surface area (Å²) in [6.45, 7) is 2.03. The molecule has 6 heteroatoms. The third-order valence-electron chi connectivity index (χ3n) is 3.29. The topological polar surface area (TPSA) is 70.2 Å². The Labute approximate surface area is 140 Å². The molecule has 3 N–H and O–H groups in total. The number of hydrogen-bond acceptors (Lipinski definition) is 3. The van der Waals surface area contributed by atoms with Gasteiger partial charge in [-0.05, 0) is 36.8 Å². The molecule has 2 aromatic rings. The Morgan fingerprint density at radius 1 is 1.00 bits per heavy atom. The molecule has 0 spiro atoms. The Kier molecular flexibility index (Phi) is 6.14. The van der Waals surface area contributed by atoms with Crippen molar-refractivity contribution in [1.82, 2.24) is 16.2 Å². The maximum atomic E-state index is 11.8. The number of hydrogen-bond donors (Lipinski definition) is 3. The number of nitrogens with one attached hydrogen (secondary N) is 3. The summed E-state index contributed by atoms with van der Waals surface area (Å²) in [6, 6.07) is 16.1. The van der Waals surface area contributed by atoms with Gasteiger partial charge in [-0.15, -0.1) is 0 Å². The number of hydrazine groups is 1. The summed E-state index contributed by atoms with van der Waals surface area (Å²) in [6.07, 6.45) is 0. The van der Waals surface area contributed by atoms with E-state index in [0.29, 0.717) is 10.6 Å². The highest BCUT2D eigenvalue weighted by molar-refractivity contribution is 6.30. The molecule has 0 aliphatic carbocycles. The average Bonchev–Trinajstić information content (AvgIpc) is 2.59. The van der Waals surface area contributed by atoms with Crippen molar-refractivity contribution in [2.24, 2.45) is 0 Å². The molecule has 1 atom stereocenters. The molecule has 2 rings (SSSR count). The summed E-state index contributed by atoms with van der Waals surface area (Å²) in [5.41, 5.74) is 6.25. The second-order valence-corrected chi connectivity index (χ2v) is 5.46. The predicted octanol–water partition coefficient (Wildman–Crippen LogP) is 2.45. The first-order chi connectivity index (χ1) is 11.1. The quantitative estimate of drug-likeness (QED) is 0.737. The summed E-state index contributed by atoms with van der Waals surface area (Å²) in [5.74, 6) is -0.681. The van der Waals surface area contributed by atoms with E-state index >= 15 is 0 Å². The van der Waals surface area contributed by atoms with E-state index in [4.69, 9.17) is 11.6 Å². The van der Waals surface area contributed by atoms with E-state index in [1.165, 1.54) is 0 Å². The fraction of sp³-hybridized carbons (Fsp3) is 0.176. The van der Waals surface area contributed by atoms with Gasteiger partial charge in [-0.1, -0.05) is 41.9 Å². The van der Waals surface area contributed by atoms with Crippen molar-refractivity contribution in [1.29, 1.82) is 0 Å². The van der Waals surface area contributed by atoms with Crippen LogP contribution in [0.1, 0.15) is 28.9 Å². The minimum Gasteiger partial charge on any atom is -0.302 e. The van der Waals surface area contributed by atoms with Gasteiger partial charge in [0.2, 0.25) is 0 Å². The van der Waals surface area contributed by atoms with E-state index in [0.717, 1.165) is 5.56 Å². The van der Waals surface area contributed by atoms with Gasteiger partial charge in [0.25, 0.3) is 11.8 Å². The van der Waals surface area contributed by atoms with E-state index in [2.05, 4.69) is 16.2 Å². The van der Waals surface area contributed by atoms with Gasteiger partial charge in [0, 0.05) is 16.6 Å². The molecule has 0 aromatic heterocycles. The van der Waals surface area contributed by atoms with Gasteiger partial charge in [-0.2, -0.15) is 0 Å². The van der Waals surface area contributed by atoms with Gasteiger partial charge in [0.15, 0.2) is 0 Å². The number of carbonyl (C=O) groups excluding carboxylic acids is 2. The van der Waals surface area contributed by atoms with Crippen molar-refractivity contribution in [3.8, 4) is 0 Å². The Bertz CT molecular complexity index is 659. The molecule has 0 bridgehead atoms. The van der Waals surface area contributed by atoms with Gasteiger partial charge in [-0.3, -0.25) is 20.4 Å². The molecule has 0 aliphatic heterocycles. The number of amides is 2. The van der Waals surface area contributed by atoms with E-state index < -0.39 is 0 Å². The van der Waals surface area contributed by atoms with Gasteiger partial charge in [0.1, 0.15) is 0 Å². The number of rotatable bonds is 5. The summed E-state index contributed by atoms with van der Waals surface area (Å²) in [4.78, 5) is 23.5. The summed E-state index contributed by atoms with van der Waals surface area (Å²) >= 11 is 5.84. The molecule has 0 aliphatic rings. The van der Waals surface area contributed by atoms with Crippen LogP contribution in [-0.2, 0) is 4.79 Å². The Morgan fingerprint density at radius 3 is 2.30 bits per heavy atom. The van der Waals surface area contributed by atoms with Crippen molar-refractivity contribution >= 4 is 23.4 Å².